The summed E-state index contributed by atoms with van der Waals surface area (Å²) < 4.78 is 5.18. The van der Waals surface area contributed by atoms with E-state index in [4.69, 9.17) is 9.73 Å². The Morgan fingerprint density at radius 3 is 2.34 bits per heavy atom. The van der Waals surface area contributed by atoms with Crippen LogP contribution in [0.5, 0.6) is 11.5 Å². The minimum absolute atomic E-state index is 0.0170. The van der Waals surface area contributed by atoms with Crippen LogP contribution in [0.15, 0.2) is 34.5 Å². The predicted octanol–water partition coefficient (Wildman–Crippen LogP) is 4.59. The first-order valence-electron chi connectivity index (χ1n) is 10.2. The largest absolute Gasteiger partial charge is 0.504 e. The molecule has 2 atom stereocenters. The number of nitrogens with zero attached hydrogens (tertiary/aromatic N) is 1. The third kappa shape index (κ3) is 3.41. The Morgan fingerprint density at radius 2 is 1.69 bits per heavy atom. The maximum Gasteiger partial charge on any atom is 0.161 e. The highest BCUT2D eigenvalue weighted by Crippen LogP contribution is 2.52. The molecule has 2 aliphatic carbocycles. The summed E-state index contributed by atoms with van der Waals surface area (Å²) in [4.78, 5) is 31.4. The number of carbonyl (C=O) groups is 2. The first-order chi connectivity index (χ1) is 13.5. The van der Waals surface area contributed by atoms with Gasteiger partial charge in [-0.05, 0) is 41.4 Å². The zero-order valence-electron chi connectivity index (χ0n) is 17.8. The Balaban J connectivity index is 1.90. The number of allylic oxidation sites excluding steroid dienone is 2. The molecule has 0 bridgehead atoms. The molecule has 1 fully saturated rings. The van der Waals surface area contributed by atoms with Crippen molar-refractivity contribution < 1.29 is 19.4 Å². The fraction of sp³-hybridized carbons (Fsp3) is 0.542. The molecule has 1 aliphatic heterocycles. The Hall–Kier alpha value is -2.43. The molecule has 1 heterocycles. The van der Waals surface area contributed by atoms with Gasteiger partial charge in [0.25, 0.3) is 0 Å². The molecule has 0 amide bonds. The van der Waals surface area contributed by atoms with Crippen LogP contribution in [0.1, 0.15) is 64.9 Å². The van der Waals surface area contributed by atoms with Crippen LogP contribution in [0.3, 0.4) is 0 Å². The Labute approximate surface area is 171 Å². The van der Waals surface area contributed by atoms with Crippen LogP contribution in [0.2, 0.25) is 0 Å². The van der Waals surface area contributed by atoms with Gasteiger partial charge in [0.05, 0.1) is 13.0 Å². The molecule has 0 aromatic heterocycles. The van der Waals surface area contributed by atoms with Gasteiger partial charge in [-0.1, -0.05) is 33.8 Å². The van der Waals surface area contributed by atoms with Gasteiger partial charge >= 0.3 is 0 Å². The molecule has 154 valence electrons. The lowest BCUT2D eigenvalue weighted by Gasteiger charge is -2.44. The summed E-state index contributed by atoms with van der Waals surface area (Å²) in [5.41, 5.74) is 2.86. The molecule has 5 heteroatoms. The van der Waals surface area contributed by atoms with Crippen molar-refractivity contribution in [2.45, 2.75) is 59.3 Å². The number of aliphatic imine (C=N–C) groups is 1. The molecule has 1 aromatic rings. The SMILES string of the molecule is COc1ccc([C@@H]2C3=C(CC(C)(C)CC3=O)N=C3CC(C)(C)CC(=O)C32)cc1O. The van der Waals surface area contributed by atoms with E-state index in [0.717, 1.165) is 29.8 Å². The van der Waals surface area contributed by atoms with E-state index in [-0.39, 0.29) is 34.1 Å². The first-order valence-corrected chi connectivity index (χ1v) is 10.2. The Kier molecular flexibility index (Phi) is 4.48. The molecular weight excluding hydrogens is 366 g/mol. The number of fused-ring (bicyclic) bond motifs is 1. The average Bonchev–Trinajstić information content (AvgIpc) is 2.57. The highest BCUT2D eigenvalue weighted by molar-refractivity contribution is 6.13. The summed E-state index contributed by atoms with van der Waals surface area (Å²) in [5, 5.41) is 10.4. The second-order valence-electron chi connectivity index (χ2n) is 10.3. The first kappa shape index (κ1) is 19.9. The van der Waals surface area contributed by atoms with E-state index in [9.17, 15) is 14.7 Å². The van der Waals surface area contributed by atoms with E-state index in [0.29, 0.717) is 24.2 Å². The summed E-state index contributed by atoms with van der Waals surface area (Å²) in [7, 11) is 1.50. The van der Waals surface area contributed by atoms with Crippen molar-refractivity contribution in [2.75, 3.05) is 7.11 Å². The molecule has 4 rings (SSSR count). The van der Waals surface area contributed by atoms with Gasteiger partial charge in [-0.15, -0.1) is 0 Å². The van der Waals surface area contributed by atoms with Crippen molar-refractivity contribution in [2.24, 2.45) is 21.7 Å². The van der Waals surface area contributed by atoms with E-state index >= 15 is 0 Å². The minimum atomic E-state index is -0.431. The maximum absolute atomic E-state index is 13.2. The molecular formula is C24H29NO4. The molecule has 0 spiro atoms. The number of hydrogen-bond acceptors (Lipinski definition) is 5. The van der Waals surface area contributed by atoms with Crippen LogP contribution >= 0.6 is 0 Å². The number of rotatable bonds is 2. The monoisotopic (exact) mass is 395 g/mol. The molecule has 0 radical (unpaired) electrons. The summed E-state index contributed by atoms with van der Waals surface area (Å²) in [6.45, 7) is 8.37. The van der Waals surface area contributed by atoms with Crippen LogP contribution in [0.25, 0.3) is 0 Å². The Bertz CT molecular complexity index is 967. The summed E-state index contributed by atoms with van der Waals surface area (Å²) in [6.07, 6.45) is 2.38. The van der Waals surface area contributed by atoms with Crippen LogP contribution in [0.4, 0.5) is 0 Å². The van der Waals surface area contributed by atoms with Crippen molar-refractivity contribution in [1.29, 1.82) is 0 Å². The molecule has 1 unspecified atom stereocenters. The number of ketones is 2. The molecule has 1 aromatic carbocycles. The molecule has 0 saturated heterocycles. The Morgan fingerprint density at radius 1 is 1.00 bits per heavy atom. The zero-order chi connectivity index (χ0) is 21.1. The van der Waals surface area contributed by atoms with Crippen molar-refractivity contribution in [1.82, 2.24) is 0 Å². The number of benzene rings is 1. The van der Waals surface area contributed by atoms with Crippen LogP contribution < -0.4 is 4.74 Å². The van der Waals surface area contributed by atoms with E-state index in [1.54, 1.807) is 12.1 Å². The highest BCUT2D eigenvalue weighted by atomic mass is 16.5. The summed E-state index contributed by atoms with van der Waals surface area (Å²) in [5.74, 6) is -0.231. The van der Waals surface area contributed by atoms with Gasteiger partial charge in [0.1, 0.15) is 5.78 Å². The second-order valence-corrected chi connectivity index (χ2v) is 10.3. The predicted molar refractivity (Wildman–Crippen MR) is 111 cm³/mol. The quantitative estimate of drug-likeness (QED) is 0.795. The second kappa shape index (κ2) is 6.54. The van der Waals surface area contributed by atoms with Crippen LogP contribution in [0, 0.1) is 16.7 Å². The highest BCUT2D eigenvalue weighted by Gasteiger charge is 2.49. The molecule has 29 heavy (non-hydrogen) atoms. The summed E-state index contributed by atoms with van der Waals surface area (Å²) in [6, 6.07) is 5.19. The molecule has 1 saturated carbocycles. The van der Waals surface area contributed by atoms with Crippen molar-refractivity contribution in [3.05, 3.63) is 35.0 Å². The van der Waals surface area contributed by atoms with Crippen molar-refractivity contribution in [3.8, 4) is 11.5 Å². The number of aromatic hydroxyl groups is 1. The maximum atomic E-state index is 13.2. The normalized spacial score (nSPS) is 27.8. The molecule has 1 N–H and O–H groups in total. The molecule has 3 aliphatic rings. The number of hydrogen-bond donors (Lipinski definition) is 1. The third-order valence-corrected chi connectivity index (χ3v) is 6.40. The van der Waals surface area contributed by atoms with Crippen molar-refractivity contribution in [3.63, 3.8) is 0 Å². The van der Waals surface area contributed by atoms with Gasteiger partial charge in [0.2, 0.25) is 0 Å². The van der Waals surface area contributed by atoms with Gasteiger partial charge in [-0.25, -0.2) is 0 Å². The van der Waals surface area contributed by atoms with Crippen molar-refractivity contribution >= 4 is 17.3 Å². The van der Waals surface area contributed by atoms with E-state index < -0.39 is 5.92 Å². The van der Waals surface area contributed by atoms with E-state index in [1.165, 1.54) is 7.11 Å². The van der Waals surface area contributed by atoms with E-state index in [2.05, 4.69) is 27.7 Å². The number of phenolic OH excluding ortho intramolecular Hbond substituents is 1. The lowest BCUT2D eigenvalue weighted by Crippen LogP contribution is -2.45. The van der Waals surface area contributed by atoms with Crippen LogP contribution in [-0.2, 0) is 9.59 Å². The minimum Gasteiger partial charge on any atom is -0.504 e. The lowest BCUT2D eigenvalue weighted by atomic mass is 9.60. The topological polar surface area (TPSA) is 76.0 Å². The molecule has 5 nitrogen and oxygen atoms in total. The standard InChI is InChI=1S/C24H29NO4/c1-23(2)9-14-21(17(27)11-23)20(13-6-7-19(29-5)16(26)8-13)22-15(25-14)10-24(3,4)12-18(22)28/h6-8,20-21,26H,9-12H2,1-5H3/t20-,21?/m0/s1. The van der Waals surface area contributed by atoms with Gasteiger partial charge < -0.3 is 9.84 Å². The smallest absolute Gasteiger partial charge is 0.161 e. The van der Waals surface area contributed by atoms with E-state index in [1.807, 2.05) is 6.07 Å². The fourth-order valence-corrected chi connectivity index (χ4v) is 5.27. The van der Waals surface area contributed by atoms with Gasteiger partial charge in [-0.2, -0.15) is 0 Å². The van der Waals surface area contributed by atoms with Gasteiger partial charge in [0, 0.05) is 35.7 Å². The number of phenols is 1. The average molecular weight is 395 g/mol. The number of carbonyl (C=O) groups excluding carboxylic acids is 2. The van der Waals surface area contributed by atoms with Crippen LogP contribution in [-0.4, -0.2) is 29.5 Å². The zero-order valence-corrected chi connectivity index (χ0v) is 17.8. The lowest BCUT2D eigenvalue weighted by molar-refractivity contribution is -0.124. The number of methoxy groups -OCH3 is 1. The van der Waals surface area contributed by atoms with Gasteiger partial charge in [0.15, 0.2) is 17.3 Å². The number of ether oxygens (including phenoxy) is 1. The fourth-order valence-electron chi connectivity index (χ4n) is 5.27. The van der Waals surface area contributed by atoms with Gasteiger partial charge in [-0.3, -0.25) is 14.6 Å². The third-order valence-electron chi connectivity index (χ3n) is 6.40. The summed E-state index contributed by atoms with van der Waals surface area (Å²) >= 11 is 0. The number of Topliss-reactive ketones (excluding diaryl/α,β-unsaturated/α-hetero) is 2.